The van der Waals surface area contributed by atoms with Gasteiger partial charge in [0.1, 0.15) is 6.54 Å². The van der Waals surface area contributed by atoms with E-state index in [-0.39, 0.29) is 28.1 Å². The van der Waals surface area contributed by atoms with Crippen LogP contribution in [0, 0.1) is 0 Å². The number of carbonyl (C=O) groups is 3. The van der Waals surface area contributed by atoms with Gasteiger partial charge in [-0.1, -0.05) is 0 Å². The van der Waals surface area contributed by atoms with Crippen LogP contribution in [0.5, 0.6) is 11.5 Å². The molecule has 1 aromatic rings. The summed E-state index contributed by atoms with van der Waals surface area (Å²) in [6.07, 6.45) is 1.03. The van der Waals surface area contributed by atoms with Gasteiger partial charge in [0.2, 0.25) is 0 Å². The number of hydrogen-bond donors (Lipinski definition) is 1. The van der Waals surface area contributed by atoms with Crippen LogP contribution in [0.25, 0.3) is 6.08 Å². The molecule has 0 aliphatic carbocycles. The van der Waals surface area contributed by atoms with E-state index in [1.807, 2.05) is 0 Å². The smallest absolute Gasteiger partial charge is 0.326 e. The number of aromatic hydroxyl groups is 1. The van der Waals surface area contributed by atoms with Gasteiger partial charge in [-0.05, 0) is 76.5 Å². The molecule has 1 N–H and O–H groups in total. The molecule has 10 heteroatoms. The van der Waals surface area contributed by atoms with Gasteiger partial charge in [0.05, 0.1) is 17.6 Å². The fraction of sp³-hybridized carbons (Fsp3) is 0.353. The highest BCUT2D eigenvalue weighted by molar-refractivity contribution is 9.13. The molecule has 0 saturated carbocycles. The third-order valence-corrected chi connectivity index (χ3v) is 6.21. The van der Waals surface area contributed by atoms with Crippen LogP contribution in [0.3, 0.4) is 0 Å². The number of carbonyl (C=O) groups excluding carboxylic acids is 3. The summed E-state index contributed by atoms with van der Waals surface area (Å²) in [4.78, 5) is 37.3. The second kappa shape index (κ2) is 9.11. The summed E-state index contributed by atoms with van der Waals surface area (Å²) in [5.74, 6) is -1.23. The average Bonchev–Trinajstić information content (AvgIpc) is 2.83. The molecular formula is C17H17Br2NO6S. The zero-order valence-electron chi connectivity index (χ0n) is 14.7. The maximum atomic E-state index is 12.5. The van der Waals surface area contributed by atoms with E-state index in [1.54, 1.807) is 26.8 Å². The fourth-order valence-electron chi connectivity index (χ4n) is 2.21. The van der Waals surface area contributed by atoms with Gasteiger partial charge in [-0.15, -0.1) is 0 Å². The Kier molecular flexibility index (Phi) is 7.35. The number of imide groups is 1. The molecule has 1 fully saturated rings. The van der Waals surface area contributed by atoms with Crippen molar-refractivity contribution in [2.75, 3.05) is 13.2 Å². The third-order valence-electron chi connectivity index (χ3n) is 3.30. The molecule has 2 rings (SSSR count). The van der Waals surface area contributed by atoms with Crippen LogP contribution >= 0.6 is 43.6 Å². The lowest BCUT2D eigenvalue weighted by atomic mass is 10.1. The van der Waals surface area contributed by atoms with Gasteiger partial charge in [0.25, 0.3) is 11.1 Å². The second-order valence-electron chi connectivity index (χ2n) is 5.67. The topological polar surface area (TPSA) is 93.1 Å². The molecule has 0 atom stereocenters. The van der Waals surface area contributed by atoms with Crippen molar-refractivity contribution in [3.63, 3.8) is 0 Å². The minimum absolute atomic E-state index is 0.0777. The summed E-state index contributed by atoms with van der Waals surface area (Å²) in [7, 11) is 0. The van der Waals surface area contributed by atoms with Crippen LogP contribution in [-0.2, 0) is 14.3 Å². The van der Waals surface area contributed by atoms with Gasteiger partial charge in [0.15, 0.2) is 11.5 Å². The number of amides is 2. The van der Waals surface area contributed by atoms with Gasteiger partial charge in [0, 0.05) is 14.5 Å². The number of hydrogen-bond acceptors (Lipinski definition) is 7. The summed E-state index contributed by atoms with van der Waals surface area (Å²) >= 11 is 7.37. The predicted molar refractivity (Wildman–Crippen MR) is 109 cm³/mol. The van der Waals surface area contributed by atoms with Gasteiger partial charge in [-0.25, -0.2) is 0 Å². The molecule has 146 valence electrons. The monoisotopic (exact) mass is 521 g/mol. The highest BCUT2D eigenvalue weighted by Crippen LogP contribution is 2.43. The van der Waals surface area contributed by atoms with Crippen LogP contribution in [0.4, 0.5) is 4.79 Å². The SMILES string of the molecule is CCOc1cc(Br)c(Br)c(/C=C2\SC(=O)N(CC(=O)OC(C)C)C2=O)c1O. The molecule has 7 nitrogen and oxygen atoms in total. The maximum Gasteiger partial charge on any atom is 0.326 e. The van der Waals surface area contributed by atoms with Gasteiger partial charge in [-0.2, -0.15) is 0 Å². The Hall–Kier alpha value is -1.52. The summed E-state index contributed by atoms with van der Waals surface area (Å²) in [5, 5.41) is 9.85. The molecule has 1 saturated heterocycles. The molecular weight excluding hydrogens is 506 g/mol. The van der Waals surface area contributed by atoms with Crippen molar-refractivity contribution in [3.05, 3.63) is 25.5 Å². The molecule has 0 aromatic heterocycles. The van der Waals surface area contributed by atoms with Crippen molar-refractivity contribution < 1.29 is 29.0 Å². The molecule has 1 aromatic carbocycles. The lowest BCUT2D eigenvalue weighted by molar-refractivity contribution is -0.149. The second-order valence-corrected chi connectivity index (χ2v) is 8.31. The van der Waals surface area contributed by atoms with E-state index in [9.17, 15) is 19.5 Å². The van der Waals surface area contributed by atoms with E-state index in [1.165, 1.54) is 6.08 Å². The van der Waals surface area contributed by atoms with Crippen molar-refractivity contribution in [2.45, 2.75) is 26.9 Å². The molecule has 0 unspecified atom stereocenters. The Morgan fingerprint density at radius 3 is 2.63 bits per heavy atom. The zero-order chi connectivity index (χ0) is 20.3. The first-order valence-electron chi connectivity index (χ1n) is 7.94. The van der Waals surface area contributed by atoms with Crippen molar-refractivity contribution in [1.82, 2.24) is 4.90 Å². The molecule has 1 aliphatic rings. The highest BCUT2D eigenvalue weighted by atomic mass is 79.9. The number of halogens is 2. The summed E-state index contributed by atoms with van der Waals surface area (Å²) in [6.45, 7) is 5.01. The Labute approximate surface area is 177 Å². The van der Waals surface area contributed by atoms with E-state index in [2.05, 4.69) is 31.9 Å². The highest BCUT2D eigenvalue weighted by Gasteiger charge is 2.37. The Morgan fingerprint density at radius 1 is 1.37 bits per heavy atom. The minimum Gasteiger partial charge on any atom is -0.504 e. The van der Waals surface area contributed by atoms with E-state index >= 15 is 0 Å². The quantitative estimate of drug-likeness (QED) is 0.439. The van der Waals surface area contributed by atoms with E-state index < -0.39 is 23.7 Å². The number of benzene rings is 1. The van der Waals surface area contributed by atoms with Gasteiger partial charge >= 0.3 is 5.97 Å². The first kappa shape index (κ1) is 21.8. The number of ether oxygens (including phenoxy) is 2. The van der Waals surface area contributed by atoms with Crippen LogP contribution in [0.15, 0.2) is 19.9 Å². The number of esters is 1. The summed E-state index contributed by atoms with van der Waals surface area (Å²) < 4.78 is 11.5. The number of phenolic OH excluding ortho intramolecular Hbond substituents is 1. The number of thioether (sulfide) groups is 1. The lowest BCUT2D eigenvalue weighted by Gasteiger charge is -2.13. The van der Waals surface area contributed by atoms with Crippen LogP contribution in [0.2, 0.25) is 0 Å². The minimum atomic E-state index is -0.668. The number of rotatable bonds is 6. The largest absolute Gasteiger partial charge is 0.504 e. The third kappa shape index (κ3) is 5.05. The van der Waals surface area contributed by atoms with E-state index in [0.717, 1.165) is 4.90 Å². The van der Waals surface area contributed by atoms with Crippen molar-refractivity contribution >= 4 is 66.8 Å². The van der Waals surface area contributed by atoms with Crippen molar-refractivity contribution in [1.29, 1.82) is 0 Å². The van der Waals surface area contributed by atoms with Crippen LogP contribution in [0.1, 0.15) is 26.3 Å². The lowest BCUT2D eigenvalue weighted by Crippen LogP contribution is -2.35. The van der Waals surface area contributed by atoms with Crippen LogP contribution in [-0.4, -0.2) is 46.4 Å². The summed E-state index contributed by atoms with van der Waals surface area (Å²) in [6, 6.07) is 1.59. The predicted octanol–water partition coefficient (Wildman–Crippen LogP) is 4.30. The molecule has 0 spiro atoms. The first-order valence-corrected chi connectivity index (χ1v) is 10.3. The number of nitrogens with zero attached hydrogens (tertiary/aromatic N) is 1. The Morgan fingerprint density at radius 2 is 2.04 bits per heavy atom. The van der Waals surface area contributed by atoms with Gasteiger partial charge in [-0.3, -0.25) is 19.3 Å². The van der Waals surface area contributed by atoms with E-state index in [0.29, 0.717) is 27.3 Å². The van der Waals surface area contributed by atoms with E-state index in [4.69, 9.17) is 9.47 Å². The van der Waals surface area contributed by atoms with Crippen molar-refractivity contribution in [2.24, 2.45) is 0 Å². The maximum absolute atomic E-state index is 12.5. The molecule has 27 heavy (non-hydrogen) atoms. The zero-order valence-corrected chi connectivity index (χ0v) is 18.7. The first-order chi connectivity index (χ1) is 12.6. The molecule has 2 amide bonds. The fourth-order valence-corrected chi connectivity index (χ4v) is 3.86. The Balaban J connectivity index is 2.34. The van der Waals surface area contributed by atoms with Crippen LogP contribution < -0.4 is 4.74 Å². The summed E-state index contributed by atoms with van der Waals surface area (Å²) in [5.41, 5.74) is 0.281. The molecule has 0 bridgehead atoms. The van der Waals surface area contributed by atoms with Crippen molar-refractivity contribution in [3.8, 4) is 11.5 Å². The average molecular weight is 523 g/mol. The number of phenols is 1. The molecule has 1 heterocycles. The standard InChI is InChI=1S/C17H17Br2NO6S/c1-4-25-11-6-10(18)14(19)9(15(11)22)5-12-16(23)20(17(24)27-12)7-13(21)26-8(2)3/h5-6,8,22H,4,7H2,1-3H3/b12-5-. The normalized spacial score (nSPS) is 15.8. The molecule has 1 aliphatic heterocycles. The van der Waals surface area contributed by atoms with Gasteiger partial charge < -0.3 is 14.6 Å². The Bertz CT molecular complexity index is 824. The molecule has 0 radical (unpaired) electrons.